The summed E-state index contributed by atoms with van der Waals surface area (Å²) < 4.78 is 5.99. The normalized spacial score (nSPS) is 9.19. The van der Waals surface area contributed by atoms with E-state index in [0.29, 0.717) is 24.4 Å². The molecule has 1 rings (SSSR count). The van der Waals surface area contributed by atoms with E-state index in [-0.39, 0.29) is 18.3 Å². The van der Waals surface area contributed by atoms with Crippen LogP contribution in [0.15, 0.2) is 22.7 Å². The maximum absolute atomic E-state index is 11.3. The Bertz CT molecular complexity index is 361. The first kappa shape index (κ1) is 15.2. The Morgan fingerprint density at radius 2 is 2.25 bits per heavy atom. The zero-order chi connectivity index (χ0) is 11.3. The summed E-state index contributed by atoms with van der Waals surface area (Å²) in [7, 11) is 1.56. The first-order chi connectivity index (χ1) is 7.17. The fourth-order valence-corrected chi connectivity index (χ4v) is 1.48. The van der Waals surface area contributed by atoms with Crippen molar-refractivity contribution in [3.63, 3.8) is 0 Å². The third kappa shape index (κ3) is 4.38. The maximum Gasteiger partial charge on any atom is 0.225 e. The molecule has 16 heavy (non-hydrogen) atoms. The number of amides is 1. The van der Waals surface area contributed by atoms with Crippen LogP contribution in [0, 0.1) is 0 Å². The molecule has 0 aromatic heterocycles. The van der Waals surface area contributed by atoms with Crippen LogP contribution >= 0.6 is 28.3 Å². The molecule has 1 amide bonds. The number of nitrogens with one attached hydrogen (secondary N) is 1. The molecule has 0 atom stereocenters. The minimum atomic E-state index is -0.117. The number of methoxy groups -OCH3 is 1. The molecule has 0 aliphatic heterocycles. The predicted molar refractivity (Wildman–Crippen MR) is 70.2 cm³/mol. The SMILES string of the molecule is COc1ccc(Br)cc1NC(=O)CCN.Cl. The number of hydrogen-bond acceptors (Lipinski definition) is 3. The van der Waals surface area contributed by atoms with Crippen LogP contribution in [0.2, 0.25) is 0 Å². The van der Waals surface area contributed by atoms with Crippen molar-refractivity contribution in [3.8, 4) is 5.75 Å². The van der Waals surface area contributed by atoms with E-state index < -0.39 is 0 Å². The van der Waals surface area contributed by atoms with Crippen LogP contribution in [0.5, 0.6) is 5.75 Å². The quantitative estimate of drug-likeness (QED) is 0.896. The number of anilines is 1. The molecule has 0 saturated carbocycles. The van der Waals surface area contributed by atoms with Gasteiger partial charge in [-0.25, -0.2) is 0 Å². The second-order valence-electron chi connectivity index (χ2n) is 2.93. The van der Waals surface area contributed by atoms with Crippen molar-refractivity contribution in [1.29, 1.82) is 0 Å². The highest BCUT2D eigenvalue weighted by atomic mass is 79.9. The van der Waals surface area contributed by atoms with E-state index in [4.69, 9.17) is 10.5 Å². The molecule has 90 valence electrons. The van der Waals surface area contributed by atoms with Gasteiger partial charge in [-0.15, -0.1) is 12.4 Å². The number of carbonyl (C=O) groups is 1. The minimum absolute atomic E-state index is 0. The molecule has 6 heteroatoms. The second-order valence-corrected chi connectivity index (χ2v) is 3.85. The molecule has 0 aliphatic rings. The molecule has 0 fully saturated rings. The summed E-state index contributed by atoms with van der Waals surface area (Å²) in [5, 5.41) is 2.73. The van der Waals surface area contributed by atoms with E-state index in [9.17, 15) is 4.79 Å². The molecule has 1 aromatic rings. The third-order valence-electron chi connectivity index (χ3n) is 1.81. The van der Waals surface area contributed by atoms with Crippen molar-refractivity contribution >= 4 is 39.9 Å². The Hall–Kier alpha value is -0.780. The topological polar surface area (TPSA) is 64.3 Å². The molecular weight excluding hydrogens is 295 g/mol. The van der Waals surface area contributed by atoms with Gasteiger partial charge in [-0.05, 0) is 18.2 Å². The fraction of sp³-hybridized carbons (Fsp3) is 0.300. The average molecular weight is 310 g/mol. The molecule has 0 saturated heterocycles. The van der Waals surface area contributed by atoms with E-state index in [1.165, 1.54) is 0 Å². The van der Waals surface area contributed by atoms with E-state index in [2.05, 4.69) is 21.2 Å². The highest BCUT2D eigenvalue weighted by Crippen LogP contribution is 2.27. The third-order valence-corrected chi connectivity index (χ3v) is 2.30. The first-order valence-corrected chi connectivity index (χ1v) is 5.30. The van der Waals surface area contributed by atoms with Gasteiger partial charge in [-0.3, -0.25) is 4.79 Å². The Balaban J connectivity index is 0.00000225. The van der Waals surface area contributed by atoms with Gasteiger partial charge < -0.3 is 15.8 Å². The van der Waals surface area contributed by atoms with Gasteiger partial charge >= 0.3 is 0 Å². The Labute approximate surface area is 109 Å². The average Bonchev–Trinajstić information content (AvgIpc) is 2.18. The summed E-state index contributed by atoms with van der Waals surface area (Å²) in [6.45, 7) is 0.335. The highest BCUT2D eigenvalue weighted by Gasteiger charge is 2.06. The highest BCUT2D eigenvalue weighted by molar-refractivity contribution is 9.10. The van der Waals surface area contributed by atoms with E-state index in [0.717, 1.165) is 4.47 Å². The number of halogens is 2. The molecule has 0 radical (unpaired) electrons. The zero-order valence-electron chi connectivity index (χ0n) is 8.83. The van der Waals surface area contributed by atoms with Crippen molar-refractivity contribution < 1.29 is 9.53 Å². The van der Waals surface area contributed by atoms with Crippen LogP contribution in [0.3, 0.4) is 0 Å². The second kappa shape index (κ2) is 7.49. The summed E-state index contributed by atoms with van der Waals surface area (Å²) in [6.07, 6.45) is 0.301. The maximum atomic E-state index is 11.3. The number of nitrogens with two attached hydrogens (primary N) is 1. The molecule has 3 N–H and O–H groups in total. The van der Waals surface area contributed by atoms with Gasteiger partial charge in [0.05, 0.1) is 12.8 Å². The molecule has 4 nitrogen and oxygen atoms in total. The zero-order valence-corrected chi connectivity index (χ0v) is 11.2. The smallest absolute Gasteiger partial charge is 0.225 e. The number of hydrogen-bond donors (Lipinski definition) is 2. The lowest BCUT2D eigenvalue weighted by Crippen LogP contribution is -2.16. The van der Waals surface area contributed by atoms with Crippen molar-refractivity contribution in [2.24, 2.45) is 5.73 Å². The number of rotatable bonds is 4. The number of ether oxygens (including phenoxy) is 1. The van der Waals surface area contributed by atoms with Crippen LogP contribution in [0.4, 0.5) is 5.69 Å². The van der Waals surface area contributed by atoms with E-state index >= 15 is 0 Å². The summed E-state index contributed by atoms with van der Waals surface area (Å²) in [5.74, 6) is 0.512. The van der Waals surface area contributed by atoms with Crippen molar-refractivity contribution in [2.45, 2.75) is 6.42 Å². The van der Waals surface area contributed by atoms with Gasteiger partial charge in [0.2, 0.25) is 5.91 Å². The van der Waals surface area contributed by atoms with E-state index in [1.54, 1.807) is 19.2 Å². The lowest BCUT2D eigenvalue weighted by molar-refractivity contribution is -0.116. The van der Waals surface area contributed by atoms with Crippen molar-refractivity contribution in [1.82, 2.24) is 0 Å². The molecule has 0 bridgehead atoms. The molecule has 0 heterocycles. The van der Waals surface area contributed by atoms with Crippen molar-refractivity contribution in [3.05, 3.63) is 22.7 Å². The van der Waals surface area contributed by atoms with Crippen molar-refractivity contribution in [2.75, 3.05) is 19.0 Å². The van der Waals surface area contributed by atoms with Gasteiger partial charge in [-0.2, -0.15) is 0 Å². The summed E-state index contributed by atoms with van der Waals surface area (Å²) in [4.78, 5) is 11.3. The fourth-order valence-electron chi connectivity index (χ4n) is 1.12. The number of benzene rings is 1. The van der Waals surface area contributed by atoms with Crippen LogP contribution in [-0.2, 0) is 4.79 Å². The van der Waals surface area contributed by atoms with Crippen LogP contribution in [-0.4, -0.2) is 19.6 Å². The van der Waals surface area contributed by atoms with Crippen LogP contribution in [0.25, 0.3) is 0 Å². The summed E-state index contributed by atoms with van der Waals surface area (Å²) in [5.41, 5.74) is 5.93. The molecule has 0 unspecified atom stereocenters. The van der Waals surface area contributed by atoms with Gasteiger partial charge in [0.15, 0.2) is 0 Å². The molecule has 0 spiro atoms. The Kier molecular flexibility index (Phi) is 7.12. The predicted octanol–water partition coefficient (Wildman–Crippen LogP) is 2.17. The van der Waals surface area contributed by atoms with Gasteiger partial charge in [0.25, 0.3) is 0 Å². The van der Waals surface area contributed by atoms with Crippen LogP contribution < -0.4 is 15.8 Å². The molecular formula is C10H14BrClN2O2. The Morgan fingerprint density at radius 1 is 1.56 bits per heavy atom. The number of carbonyl (C=O) groups excluding carboxylic acids is 1. The summed E-state index contributed by atoms with van der Waals surface area (Å²) >= 11 is 3.32. The Morgan fingerprint density at radius 3 is 2.81 bits per heavy atom. The standard InChI is InChI=1S/C10H13BrN2O2.ClH/c1-15-9-3-2-7(11)6-8(9)13-10(14)4-5-12;/h2-3,6H,4-5,12H2,1H3,(H,13,14);1H. The lowest BCUT2D eigenvalue weighted by atomic mass is 10.3. The van der Waals surface area contributed by atoms with Crippen LogP contribution in [0.1, 0.15) is 6.42 Å². The van der Waals surface area contributed by atoms with Gasteiger partial charge in [-0.1, -0.05) is 15.9 Å². The monoisotopic (exact) mass is 308 g/mol. The van der Waals surface area contributed by atoms with Gasteiger partial charge in [0, 0.05) is 17.4 Å². The minimum Gasteiger partial charge on any atom is -0.495 e. The molecule has 0 aliphatic carbocycles. The molecule has 1 aromatic carbocycles. The lowest BCUT2D eigenvalue weighted by Gasteiger charge is -2.09. The summed E-state index contributed by atoms with van der Waals surface area (Å²) in [6, 6.07) is 5.41. The van der Waals surface area contributed by atoms with E-state index in [1.807, 2.05) is 6.07 Å². The first-order valence-electron chi connectivity index (χ1n) is 4.51. The van der Waals surface area contributed by atoms with Gasteiger partial charge in [0.1, 0.15) is 5.75 Å². The largest absolute Gasteiger partial charge is 0.495 e.